The summed E-state index contributed by atoms with van der Waals surface area (Å²) in [5, 5.41) is 0. The second-order valence-corrected chi connectivity index (χ2v) is 8.55. The van der Waals surface area contributed by atoms with Crippen LogP contribution < -0.4 is 11.4 Å². The van der Waals surface area contributed by atoms with Gasteiger partial charge in [0, 0.05) is 11.5 Å². The summed E-state index contributed by atoms with van der Waals surface area (Å²) in [4.78, 5) is 38.5. The van der Waals surface area contributed by atoms with Crippen LogP contribution in [-0.4, -0.2) is 26.0 Å². The van der Waals surface area contributed by atoms with Gasteiger partial charge in [-0.15, -0.1) is 0 Å². The zero-order chi connectivity index (χ0) is 21.7. The zero-order valence-electron chi connectivity index (χ0n) is 17.5. The number of para-hydroxylation sites is 1. The lowest BCUT2D eigenvalue weighted by Gasteiger charge is -2.29. The first kappa shape index (κ1) is 19.6. The number of aromatic nitrogens is 3. The molecule has 0 amide bonds. The van der Waals surface area contributed by atoms with Gasteiger partial charge in [0.05, 0.1) is 18.3 Å². The summed E-state index contributed by atoms with van der Waals surface area (Å²) in [5.74, 6) is -0.380. The van der Waals surface area contributed by atoms with Gasteiger partial charge >= 0.3 is 17.3 Å². The molecule has 5 rings (SSSR count). The second-order valence-electron chi connectivity index (χ2n) is 8.55. The fourth-order valence-electron chi connectivity index (χ4n) is 5.00. The smallest absolute Gasteiger partial charge is 0.352 e. The standard InChI is InChI=1S/C24H25N3O4/c1-15-8-11-20-17(9-10-19-16(2)22(28)31-21(19)14-15)12-13-25-23(29)26(24(30)27(20)25)18-6-4-3-5-7-18/h3-7,12,14,19-21H,2,8-11,13H2,1H3/b15-14+/t19-,20+,21+/m0/s1. The number of nitrogens with zero attached hydrogens (tertiary/aromatic N) is 3. The first-order valence-electron chi connectivity index (χ1n) is 10.7. The topological polar surface area (TPSA) is 75.2 Å². The van der Waals surface area contributed by atoms with Gasteiger partial charge in [-0.2, -0.15) is 0 Å². The maximum absolute atomic E-state index is 13.4. The van der Waals surface area contributed by atoms with Gasteiger partial charge in [-0.1, -0.05) is 36.4 Å². The molecule has 3 atom stereocenters. The molecule has 3 aliphatic rings. The largest absolute Gasteiger partial charge is 0.454 e. The number of hydrogen-bond donors (Lipinski definition) is 0. The average Bonchev–Trinajstić information content (AvgIpc) is 3.18. The Morgan fingerprint density at radius 1 is 1.03 bits per heavy atom. The molecule has 1 aromatic heterocycles. The molecular formula is C24H25N3O4. The van der Waals surface area contributed by atoms with Gasteiger partial charge in [0.25, 0.3) is 0 Å². The van der Waals surface area contributed by atoms with E-state index in [4.69, 9.17) is 4.74 Å². The summed E-state index contributed by atoms with van der Waals surface area (Å²) in [6.45, 7) is 6.33. The van der Waals surface area contributed by atoms with Crippen LogP contribution in [0, 0.1) is 5.92 Å². The number of rotatable bonds is 1. The lowest BCUT2D eigenvalue weighted by molar-refractivity contribution is -0.137. The van der Waals surface area contributed by atoms with Crippen LogP contribution in [-0.2, 0) is 16.1 Å². The quantitative estimate of drug-likeness (QED) is 0.405. The predicted octanol–water partition coefficient (Wildman–Crippen LogP) is 2.90. The lowest BCUT2D eigenvalue weighted by Crippen LogP contribution is -2.35. The number of fused-ring (bicyclic) bond motifs is 4. The number of carbonyl (C=O) groups is 1. The minimum atomic E-state index is -0.322. The first-order chi connectivity index (χ1) is 15.0. The predicted molar refractivity (Wildman–Crippen MR) is 116 cm³/mol. The van der Waals surface area contributed by atoms with Crippen molar-refractivity contribution in [2.45, 2.75) is 51.3 Å². The van der Waals surface area contributed by atoms with Crippen LogP contribution >= 0.6 is 0 Å². The van der Waals surface area contributed by atoms with E-state index in [-0.39, 0.29) is 35.4 Å². The highest BCUT2D eigenvalue weighted by Gasteiger charge is 2.38. The zero-order valence-corrected chi connectivity index (χ0v) is 17.5. The molecule has 1 aliphatic carbocycles. The van der Waals surface area contributed by atoms with Crippen LogP contribution in [0.4, 0.5) is 0 Å². The van der Waals surface area contributed by atoms with E-state index in [1.54, 1.807) is 16.8 Å². The van der Waals surface area contributed by atoms with Crippen molar-refractivity contribution >= 4 is 5.97 Å². The number of carbonyl (C=O) groups excluding carboxylic acids is 1. The third kappa shape index (κ3) is 3.15. The fourth-order valence-corrected chi connectivity index (χ4v) is 5.00. The molecule has 0 spiro atoms. The minimum Gasteiger partial charge on any atom is -0.454 e. The Morgan fingerprint density at radius 2 is 1.81 bits per heavy atom. The summed E-state index contributed by atoms with van der Waals surface area (Å²) in [5.41, 5.74) is 2.70. The summed E-state index contributed by atoms with van der Waals surface area (Å²) in [7, 11) is 0. The molecular weight excluding hydrogens is 394 g/mol. The molecule has 0 bridgehead atoms. The van der Waals surface area contributed by atoms with Gasteiger partial charge in [0.2, 0.25) is 0 Å². The molecule has 31 heavy (non-hydrogen) atoms. The lowest BCUT2D eigenvalue weighted by atomic mass is 9.84. The Hall–Kier alpha value is -3.35. The summed E-state index contributed by atoms with van der Waals surface area (Å²) in [6, 6.07) is 8.84. The summed E-state index contributed by atoms with van der Waals surface area (Å²) < 4.78 is 9.94. The molecule has 0 radical (unpaired) electrons. The Kier molecular flexibility index (Phi) is 4.68. The van der Waals surface area contributed by atoms with E-state index in [1.807, 2.05) is 31.2 Å². The second kappa shape index (κ2) is 7.41. The average molecular weight is 419 g/mol. The third-order valence-electron chi connectivity index (χ3n) is 6.68. The fraction of sp³-hybridized carbons (Fsp3) is 0.375. The van der Waals surface area contributed by atoms with Gasteiger partial charge in [0.15, 0.2) is 0 Å². The van der Waals surface area contributed by atoms with Gasteiger partial charge in [-0.3, -0.25) is 0 Å². The molecule has 1 fully saturated rings. The molecule has 2 aromatic rings. The summed E-state index contributed by atoms with van der Waals surface area (Å²) >= 11 is 0. The van der Waals surface area contributed by atoms with Crippen LogP contribution in [0.1, 0.15) is 38.6 Å². The molecule has 7 heteroatoms. The Labute approximate surface area is 179 Å². The number of allylic oxidation sites excluding steroid dienone is 3. The highest BCUT2D eigenvalue weighted by molar-refractivity contribution is 5.91. The van der Waals surface area contributed by atoms with E-state index in [0.717, 1.165) is 30.4 Å². The maximum Gasteiger partial charge on any atom is 0.352 e. The minimum absolute atomic E-state index is 0.0585. The van der Waals surface area contributed by atoms with Gasteiger partial charge < -0.3 is 4.74 Å². The highest BCUT2D eigenvalue weighted by atomic mass is 16.5. The Morgan fingerprint density at radius 3 is 2.58 bits per heavy atom. The van der Waals surface area contributed by atoms with E-state index in [0.29, 0.717) is 24.2 Å². The van der Waals surface area contributed by atoms with Crippen molar-refractivity contribution in [3.05, 3.63) is 86.8 Å². The van der Waals surface area contributed by atoms with E-state index in [1.165, 1.54) is 9.25 Å². The molecule has 3 heterocycles. The van der Waals surface area contributed by atoms with Gasteiger partial charge in [-0.05, 0) is 56.4 Å². The van der Waals surface area contributed by atoms with Crippen molar-refractivity contribution < 1.29 is 9.53 Å². The molecule has 1 aromatic carbocycles. The normalized spacial score (nSPS) is 27.3. The van der Waals surface area contributed by atoms with Crippen LogP contribution in [0.5, 0.6) is 0 Å². The van der Waals surface area contributed by atoms with Crippen molar-refractivity contribution in [3.8, 4) is 5.69 Å². The van der Waals surface area contributed by atoms with Crippen molar-refractivity contribution in [2.75, 3.05) is 0 Å². The maximum atomic E-state index is 13.4. The Balaban J connectivity index is 1.56. The van der Waals surface area contributed by atoms with Crippen molar-refractivity contribution in [1.82, 2.24) is 13.9 Å². The van der Waals surface area contributed by atoms with Crippen LogP contribution in [0.25, 0.3) is 5.69 Å². The van der Waals surface area contributed by atoms with Crippen molar-refractivity contribution in [3.63, 3.8) is 0 Å². The molecule has 0 unspecified atom stereocenters. The monoisotopic (exact) mass is 419 g/mol. The van der Waals surface area contributed by atoms with Gasteiger partial charge in [0.1, 0.15) is 6.10 Å². The molecule has 2 aliphatic heterocycles. The number of ether oxygens (including phenoxy) is 1. The van der Waals surface area contributed by atoms with E-state index in [2.05, 4.69) is 12.7 Å². The number of benzene rings is 1. The van der Waals surface area contributed by atoms with Crippen LogP contribution in [0.15, 0.2) is 75.4 Å². The number of esters is 1. The molecule has 0 saturated carbocycles. The Bertz CT molecular complexity index is 1240. The van der Waals surface area contributed by atoms with Crippen LogP contribution in [0.3, 0.4) is 0 Å². The first-order valence-corrected chi connectivity index (χ1v) is 10.7. The van der Waals surface area contributed by atoms with E-state index < -0.39 is 0 Å². The van der Waals surface area contributed by atoms with Gasteiger partial charge in [-0.25, -0.2) is 28.3 Å². The highest BCUT2D eigenvalue weighted by Crippen LogP contribution is 2.38. The SMILES string of the molecule is C=C1C(=O)O[C@@H]2/C=C(\C)CC[C@@H]3C(=CCn4c(=O)n(-c5ccccc5)c(=O)n43)CC[C@@H]12. The molecule has 1 saturated heterocycles. The number of hydrogen-bond acceptors (Lipinski definition) is 4. The molecule has 160 valence electrons. The molecule has 7 nitrogen and oxygen atoms in total. The van der Waals surface area contributed by atoms with Crippen molar-refractivity contribution in [1.29, 1.82) is 0 Å². The molecule has 0 N–H and O–H groups in total. The van der Waals surface area contributed by atoms with Crippen LogP contribution in [0.2, 0.25) is 0 Å². The third-order valence-corrected chi connectivity index (χ3v) is 6.68. The summed E-state index contributed by atoms with van der Waals surface area (Å²) in [6.07, 6.45) is 6.72. The van der Waals surface area contributed by atoms with E-state index in [9.17, 15) is 14.4 Å². The van der Waals surface area contributed by atoms with E-state index >= 15 is 0 Å². The van der Waals surface area contributed by atoms with Crippen molar-refractivity contribution in [2.24, 2.45) is 5.92 Å².